The zero-order chi connectivity index (χ0) is 29.8. The van der Waals surface area contributed by atoms with Gasteiger partial charge in [-0.2, -0.15) is 0 Å². The van der Waals surface area contributed by atoms with Crippen molar-refractivity contribution in [3.63, 3.8) is 0 Å². The molecule has 1 unspecified atom stereocenters. The van der Waals surface area contributed by atoms with E-state index in [2.05, 4.69) is 20.6 Å². The van der Waals surface area contributed by atoms with Crippen molar-refractivity contribution in [2.45, 2.75) is 69.4 Å². The van der Waals surface area contributed by atoms with E-state index in [4.69, 9.17) is 28.3 Å². The second-order valence-corrected chi connectivity index (χ2v) is 10.5. The van der Waals surface area contributed by atoms with Gasteiger partial charge in [-0.25, -0.2) is 0 Å². The zero-order valence-electron chi connectivity index (χ0n) is 23.2. The second kappa shape index (κ2) is 15.3. The molecule has 1 fully saturated rings. The minimum absolute atomic E-state index is 0.0371. The Morgan fingerprint density at radius 2 is 1.68 bits per heavy atom. The number of benzene rings is 1. The topological polar surface area (TPSA) is 228 Å². The lowest BCUT2D eigenvalue weighted by Crippen LogP contribution is -2.56. The van der Waals surface area contributed by atoms with Crippen LogP contribution in [0.4, 0.5) is 0 Å². The van der Waals surface area contributed by atoms with E-state index in [1.165, 1.54) is 0 Å². The summed E-state index contributed by atoms with van der Waals surface area (Å²) in [4.78, 5) is 47.7. The van der Waals surface area contributed by atoms with E-state index in [-0.39, 0.29) is 30.0 Å². The van der Waals surface area contributed by atoms with Crippen molar-refractivity contribution in [1.82, 2.24) is 15.6 Å². The predicted molar refractivity (Wildman–Crippen MR) is 158 cm³/mol. The number of guanidine groups is 1. The van der Waals surface area contributed by atoms with Gasteiger partial charge in [0.25, 0.3) is 0 Å². The number of nitrogen functional groups attached to an aromatic ring is 1. The second-order valence-electron chi connectivity index (χ2n) is 10.5. The molecule has 1 aromatic heterocycles. The maximum atomic E-state index is 13.9. The smallest absolute Gasteiger partial charge is 0.243 e. The van der Waals surface area contributed by atoms with Crippen LogP contribution < -0.4 is 33.6 Å². The molecule has 220 valence electrons. The molecule has 0 aliphatic heterocycles. The average Bonchev–Trinajstić information content (AvgIpc) is 2.96. The molecule has 1 aromatic carbocycles. The van der Waals surface area contributed by atoms with Crippen molar-refractivity contribution in [2.75, 3.05) is 6.54 Å². The van der Waals surface area contributed by atoms with Gasteiger partial charge in [-0.05, 0) is 55.2 Å². The van der Waals surface area contributed by atoms with E-state index in [1.807, 2.05) is 18.2 Å². The van der Waals surface area contributed by atoms with Crippen LogP contribution in [0.15, 0.2) is 53.8 Å². The third-order valence-electron chi connectivity index (χ3n) is 7.41. The summed E-state index contributed by atoms with van der Waals surface area (Å²) in [6.45, 7) is 0.297. The van der Waals surface area contributed by atoms with Crippen molar-refractivity contribution in [3.8, 4) is 0 Å². The van der Waals surface area contributed by atoms with Crippen molar-refractivity contribution in [3.05, 3.63) is 65.5 Å². The summed E-state index contributed by atoms with van der Waals surface area (Å²) in [6, 6.07) is 8.99. The van der Waals surface area contributed by atoms with Gasteiger partial charge >= 0.3 is 0 Å². The molecule has 3 amide bonds. The Bertz CT molecular complexity index is 1210. The molecular formula is C29H41N9O3. The first-order chi connectivity index (χ1) is 19.7. The van der Waals surface area contributed by atoms with Crippen molar-refractivity contribution in [1.29, 1.82) is 5.41 Å². The number of aromatic nitrogens is 1. The number of rotatable bonds is 14. The Morgan fingerprint density at radius 3 is 2.27 bits per heavy atom. The van der Waals surface area contributed by atoms with Gasteiger partial charge in [0.05, 0.1) is 5.92 Å². The number of nitrogens with one attached hydrogen (secondary N) is 3. The Balaban J connectivity index is 1.81. The lowest BCUT2D eigenvalue weighted by molar-refractivity contribution is -0.133. The summed E-state index contributed by atoms with van der Waals surface area (Å²) in [5, 5.41) is 13.4. The highest BCUT2D eigenvalue weighted by Crippen LogP contribution is 2.28. The van der Waals surface area contributed by atoms with E-state index in [0.717, 1.165) is 37.7 Å². The molecule has 3 atom stereocenters. The normalized spacial score (nSPS) is 15.6. The molecule has 1 aliphatic rings. The first kappa shape index (κ1) is 31.1. The summed E-state index contributed by atoms with van der Waals surface area (Å²) in [6.07, 6.45) is 8.88. The van der Waals surface area contributed by atoms with Crippen LogP contribution in [-0.2, 0) is 20.8 Å². The third-order valence-corrected chi connectivity index (χ3v) is 7.41. The highest BCUT2D eigenvalue weighted by Gasteiger charge is 2.35. The molecule has 12 heteroatoms. The molecule has 0 bridgehead atoms. The fourth-order valence-corrected chi connectivity index (χ4v) is 5.17. The number of carbonyl (C=O) groups excluding carboxylic acids is 3. The number of nitrogens with two attached hydrogens (primary N) is 4. The molecule has 3 rings (SSSR count). The lowest BCUT2D eigenvalue weighted by Gasteiger charge is -2.32. The molecule has 2 aromatic rings. The van der Waals surface area contributed by atoms with E-state index < -0.39 is 29.8 Å². The van der Waals surface area contributed by atoms with Gasteiger partial charge in [0, 0.05) is 24.5 Å². The molecule has 11 N–H and O–H groups in total. The van der Waals surface area contributed by atoms with Gasteiger partial charge in [0.1, 0.15) is 17.9 Å². The third kappa shape index (κ3) is 9.59. The number of hydrogen-bond donors (Lipinski definition) is 7. The maximum absolute atomic E-state index is 13.9. The van der Waals surface area contributed by atoms with Gasteiger partial charge < -0.3 is 33.6 Å². The first-order valence-corrected chi connectivity index (χ1v) is 13.9. The molecule has 1 heterocycles. The Labute approximate surface area is 240 Å². The van der Waals surface area contributed by atoms with Gasteiger partial charge in [-0.15, -0.1) is 0 Å². The van der Waals surface area contributed by atoms with Crippen LogP contribution in [0.3, 0.4) is 0 Å². The van der Waals surface area contributed by atoms with E-state index in [1.54, 1.807) is 30.6 Å². The van der Waals surface area contributed by atoms with E-state index in [9.17, 15) is 14.4 Å². The number of nitrogens with zero attached hydrogens (tertiary/aromatic N) is 2. The van der Waals surface area contributed by atoms with Crippen LogP contribution in [0.2, 0.25) is 0 Å². The summed E-state index contributed by atoms with van der Waals surface area (Å²) in [5.74, 6) is -2.22. The lowest BCUT2D eigenvalue weighted by atomic mass is 9.82. The summed E-state index contributed by atoms with van der Waals surface area (Å²) in [7, 11) is 0. The van der Waals surface area contributed by atoms with Crippen molar-refractivity contribution >= 4 is 29.5 Å². The molecule has 1 aliphatic carbocycles. The van der Waals surface area contributed by atoms with Crippen molar-refractivity contribution in [2.24, 2.45) is 33.8 Å². The standard InChI is InChI=1S/C29H41N9O3/c30-25(31)20-12-10-18(11-13-20)16-22(21-8-4-14-35-17-21)27(40)38-24(19-6-2-1-3-7-19)28(41)37-23(26(32)39)9-5-15-36-29(33)34/h4,8,10-14,17,19,22-24H,1-3,5-7,9,15-16H2,(H3,30,31)(H2,32,39)(H,37,41)(H,38,40)(H4,33,34,36)/t22-,23?,24-/m0/s1. The summed E-state index contributed by atoms with van der Waals surface area (Å²) < 4.78 is 0. The minimum Gasteiger partial charge on any atom is -0.384 e. The number of pyridine rings is 1. The number of primary amides is 1. The molecule has 41 heavy (non-hydrogen) atoms. The minimum atomic E-state index is -0.923. The molecule has 0 spiro atoms. The number of amidine groups is 1. The SMILES string of the molecule is N=C(N)c1ccc(C[C@H](C(=O)N[C@H](C(=O)NC(CCCN=C(N)N)C(N)=O)C2CCCCC2)c2cccnc2)cc1. The maximum Gasteiger partial charge on any atom is 0.243 e. The van der Waals surface area contributed by atoms with Crippen LogP contribution in [0.5, 0.6) is 0 Å². The fraction of sp³-hybridized carbons (Fsp3) is 0.448. The van der Waals surface area contributed by atoms with Crippen LogP contribution in [0.1, 0.15) is 67.6 Å². The summed E-state index contributed by atoms with van der Waals surface area (Å²) in [5.41, 5.74) is 24.1. The largest absolute Gasteiger partial charge is 0.384 e. The molecule has 0 radical (unpaired) electrons. The number of amides is 3. The van der Waals surface area contributed by atoms with Crippen LogP contribution >= 0.6 is 0 Å². The zero-order valence-corrected chi connectivity index (χ0v) is 23.2. The Kier molecular flexibility index (Phi) is 11.6. The highest BCUT2D eigenvalue weighted by molar-refractivity contribution is 5.95. The number of hydrogen-bond acceptors (Lipinski definition) is 6. The Morgan fingerprint density at radius 1 is 0.976 bits per heavy atom. The molecule has 1 saturated carbocycles. The van der Waals surface area contributed by atoms with Crippen molar-refractivity contribution < 1.29 is 14.4 Å². The monoisotopic (exact) mass is 563 g/mol. The van der Waals surface area contributed by atoms with Crippen LogP contribution in [-0.4, -0.2) is 53.1 Å². The highest BCUT2D eigenvalue weighted by atomic mass is 16.2. The number of carbonyl (C=O) groups is 3. The Hall–Kier alpha value is -4.48. The van der Waals surface area contributed by atoms with Gasteiger partial charge in [-0.3, -0.25) is 29.8 Å². The quantitative estimate of drug-likeness (QED) is 0.0991. The average molecular weight is 564 g/mol. The molecule has 12 nitrogen and oxygen atoms in total. The van der Waals surface area contributed by atoms with Gasteiger partial charge in [-0.1, -0.05) is 49.6 Å². The predicted octanol–water partition coefficient (Wildman–Crippen LogP) is 0.781. The fourth-order valence-electron chi connectivity index (χ4n) is 5.17. The van der Waals surface area contributed by atoms with Crippen LogP contribution in [0.25, 0.3) is 0 Å². The van der Waals surface area contributed by atoms with E-state index >= 15 is 0 Å². The van der Waals surface area contributed by atoms with Crippen LogP contribution in [0, 0.1) is 11.3 Å². The molecule has 0 saturated heterocycles. The van der Waals surface area contributed by atoms with Gasteiger partial charge in [0.2, 0.25) is 17.7 Å². The van der Waals surface area contributed by atoms with Gasteiger partial charge in [0.15, 0.2) is 5.96 Å². The summed E-state index contributed by atoms with van der Waals surface area (Å²) >= 11 is 0. The molecular weight excluding hydrogens is 522 g/mol. The number of aliphatic imine (C=N–C) groups is 1. The van der Waals surface area contributed by atoms with E-state index in [0.29, 0.717) is 30.5 Å². The first-order valence-electron chi connectivity index (χ1n) is 13.9.